The maximum Gasteiger partial charge on any atom is 0.295 e. The molecule has 2 N–H and O–H groups in total. The van der Waals surface area contributed by atoms with Crippen LogP contribution in [-0.2, 0) is 0 Å². The van der Waals surface area contributed by atoms with E-state index in [9.17, 15) is 13.7 Å². The number of nitrogens with zero attached hydrogens (tertiary/aromatic N) is 2. The van der Waals surface area contributed by atoms with Crippen LogP contribution in [0.4, 0.5) is 14.5 Å². The highest BCUT2D eigenvalue weighted by molar-refractivity contribution is 5.48. The summed E-state index contributed by atoms with van der Waals surface area (Å²) in [4.78, 5) is 11.0. The van der Waals surface area contributed by atoms with E-state index < -0.39 is 23.1 Å². The second-order valence-corrected chi connectivity index (χ2v) is 3.77. The standard InChI is InChI=1S/C13H8F2N3O2/c14-10-5-4-9(18(17)19)6-12(10)20-13-8(7-16)2-1-3-11(13)15/h1-6H,(H2,17,19)/q+1. The van der Waals surface area contributed by atoms with Gasteiger partial charge in [0.1, 0.15) is 6.07 Å². The molecular formula is C13H8F2N3O2+. The molecule has 0 heterocycles. The molecule has 7 heteroatoms. The fourth-order valence-electron chi connectivity index (χ4n) is 1.52. The lowest BCUT2D eigenvalue weighted by molar-refractivity contribution is -0.474. The van der Waals surface area contributed by atoms with Crippen molar-refractivity contribution in [1.29, 1.82) is 5.26 Å². The van der Waals surface area contributed by atoms with Gasteiger partial charge in [-0.25, -0.2) is 8.78 Å². The van der Waals surface area contributed by atoms with E-state index in [1.807, 2.05) is 0 Å². The zero-order chi connectivity index (χ0) is 14.7. The molecule has 0 spiro atoms. The van der Waals surface area contributed by atoms with Crippen molar-refractivity contribution >= 4 is 5.69 Å². The van der Waals surface area contributed by atoms with Crippen molar-refractivity contribution in [2.45, 2.75) is 0 Å². The number of ether oxygens (including phenoxy) is 1. The molecule has 0 unspecified atom stereocenters. The van der Waals surface area contributed by atoms with Crippen LogP contribution in [0.2, 0.25) is 0 Å². The predicted molar refractivity (Wildman–Crippen MR) is 65.1 cm³/mol. The fourth-order valence-corrected chi connectivity index (χ4v) is 1.52. The maximum atomic E-state index is 13.6. The molecule has 0 aliphatic heterocycles. The molecule has 0 bridgehead atoms. The van der Waals surface area contributed by atoms with Gasteiger partial charge in [0.2, 0.25) is 0 Å². The van der Waals surface area contributed by atoms with Crippen LogP contribution < -0.4 is 10.6 Å². The van der Waals surface area contributed by atoms with Gasteiger partial charge < -0.3 is 4.74 Å². The van der Waals surface area contributed by atoms with Crippen LogP contribution >= 0.6 is 0 Å². The highest BCUT2D eigenvalue weighted by atomic mass is 19.1. The number of hydrogen-bond acceptors (Lipinski definition) is 3. The number of benzene rings is 2. The van der Waals surface area contributed by atoms with Crippen LogP contribution in [0.5, 0.6) is 11.5 Å². The maximum absolute atomic E-state index is 13.6. The van der Waals surface area contributed by atoms with E-state index in [0.29, 0.717) is 0 Å². The van der Waals surface area contributed by atoms with Crippen LogP contribution in [0.1, 0.15) is 5.56 Å². The number of halogens is 2. The largest absolute Gasteiger partial charge is 0.450 e. The summed E-state index contributed by atoms with van der Waals surface area (Å²) in [5, 5.41) is 8.86. The minimum atomic E-state index is -0.819. The summed E-state index contributed by atoms with van der Waals surface area (Å²) in [6.07, 6.45) is 0. The van der Waals surface area contributed by atoms with E-state index in [0.717, 1.165) is 24.3 Å². The molecule has 0 saturated carbocycles. The first kappa shape index (κ1) is 13.4. The van der Waals surface area contributed by atoms with Gasteiger partial charge in [0.25, 0.3) is 5.69 Å². The fraction of sp³-hybridized carbons (Fsp3) is 0. The zero-order valence-electron chi connectivity index (χ0n) is 10.0. The van der Waals surface area contributed by atoms with E-state index in [1.54, 1.807) is 6.07 Å². The number of para-hydroxylation sites is 1. The molecule has 0 atom stereocenters. The summed E-state index contributed by atoms with van der Waals surface area (Å²) in [5.74, 6) is 2.53. The summed E-state index contributed by atoms with van der Waals surface area (Å²) in [5.41, 5.74) is -0.169. The number of nitriles is 1. The van der Waals surface area contributed by atoms with E-state index in [2.05, 4.69) is 0 Å². The molecular weight excluding hydrogens is 268 g/mol. The Balaban J connectivity index is 2.48. The molecule has 20 heavy (non-hydrogen) atoms. The second kappa shape index (κ2) is 5.32. The Morgan fingerprint density at radius 3 is 2.60 bits per heavy atom. The number of hydrogen-bond donors (Lipinski definition) is 1. The molecule has 2 aromatic carbocycles. The zero-order valence-corrected chi connectivity index (χ0v) is 10.0. The number of nitrogens with two attached hydrogens (primary N) is 1. The molecule has 0 aliphatic rings. The molecule has 2 rings (SSSR count). The Morgan fingerprint density at radius 1 is 1.20 bits per heavy atom. The molecule has 0 amide bonds. The number of rotatable bonds is 3. The molecule has 0 fully saturated rings. The van der Waals surface area contributed by atoms with Gasteiger partial charge in [-0.15, -0.1) is 0 Å². The van der Waals surface area contributed by atoms with Gasteiger partial charge in [0, 0.05) is 6.07 Å². The number of nitroso groups, excluding NO2 is 1. The third kappa shape index (κ3) is 2.54. The average Bonchev–Trinajstić information content (AvgIpc) is 2.42. The van der Waals surface area contributed by atoms with Crippen molar-refractivity contribution in [2.75, 3.05) is 0 Å². The quantitative estimate of drug-likeness (QED) is 0.531. The summed E-state index contributed by atoms with van der Waals surface area (Å²) >= 11 is 0. The minimum Gasteiger partial charge on any atom is -0.450 e. The van der Waals surface area contributed by atoms with Crippen LogP contribution in [0.3, 0.4) is 0 Å². The van der Waals surface area contributed by atoms with Crippen LogP contribution in [0.25, 0.3) is 0 Å². The molecule has 2 aromatic rings. The normalized spacial score (nSPS) is 9.85. The summed E-state index contributed by atoms with van der Waals surface area (Å²) in [6, 6.07) is 8.55. The van der Waals surface area contributed by atoms with Crippen molar-refractivity contribution in [3.8, 4) is 17.6 Å². The molecule has 0 aliphatic carbocycles. The lowest BCUT2D eigenvalue weighted by Crippen LogP contribution is -2.09. The first-order valence-corrected chi connectivity index (χ1v) is 5.41. The Bertz CT molecular complexity index is 726. The molecule has 0 aromatic heterocycles. The molecule has 0 radical (unpaired) electrons. The molecule has 100 valence electrons. The van der Waals surface area contributed by atoms with E-state index in [-0.39, 0.29) is 16.1 Å². The van der Waals surface area contributed by atoms with Gasteiger partial charge in [-0.3, -0.25) is 0 Å². The third-order valence-electron chi connectivity index (χ3n) is 2.47. The highest BCUT2D eigenvalue weighted by Crippen LogP contribution is 2.31. The Hall–Kier alpha value is -3.01. The van der Waals surface area contributed by atoms with Crippen LogP contribution in [0, 0.1) is 27.9 Å². The van der Waals surface area contributed by atoms with Gasteiger partial charge in [0.05, 0.1) is 16.5 Å². The van der Waals surface area contributed by atoms with Crippen molar-refractivity contribution < 1.29 is 18.4 Å². The smallest absolute Gasteiger partial charge is 0.295 e. The average molecular weight is 276 g/mol. The predicted octanol–water partition coefficient (Wildman–Crippen LogP) is 2.91. The van der Waals surface area contributed by atoms with Crippen LogP contribution in [-0.4, -0.2) is 4.87 Å². The Labute approximate surface area is 112 Å². The van der Waals surface area contributed by atoms with E-state index >= 15 is 0 Å². The van der Waals surface area contributed by atoms with Gasteiger partial charge in [0.15, 0.2) is 28.0 Å². The third-order valence-corrected chi connectivity index (χ3v) is 2.47. The Morgan fingerprint density at radius 2 is 1.95 bits per heavy atom. The highest BCUT2D eigenvalue weighted by Gasteiger charge is 2.17. The van der Waals surface area contributed by atoms with Gasteiger partial charge >= 0.3 is 0 Å². The van der Waals surface area contributed by atoms with Crippen molar-refractivity contribution in [3.63, 3.8) is 0 Å². The molecule has 5 nitrogen and oxygen atoms in total. The van der Waals surface area contributed by atoms with E-state index in [1.165, 1.54) is 12.1 Å². The second-order valence-electron chi connectivity index (χ2n) is 3.77. The van der Waals surface area contributed by atoms with Crippen molar-refractivity contribution in [2.24, 2.45) is 5.84 Å². The summed E-state index contributed by atoms with van der Waals surface area (Å²) in [7, 11) is 0. The van der Waals surface area contributed by atoms with Gasteiger partial charge in [-0.05, 0) is 18.2 Å². The minimum absolute atomic E-state index is 0.0128. The summed E-state index contributed by atoms with van der Waals surface area (Å²) < 4.78 is 32.3. The monoisotopic (exact) mass is 276 g/mol. The molecule has 0 saturated heterocycles. The first-order chi connectivity index (χ1) is 9.52. The van der Waals surface area contributed by atoms with Crippen LogP contribution in [0.15, 0.2) is 36.4 Å². The number of hydrazine groups is 1. The van der Waals surface area contributed by atoms with Gasteiger partial charge in [-0.1, -0.05) is 6.07 Å². The lowest BCUT2D eigenvalue weighted by Gasteiger charge is -2.08. The first-order valence-electron chi connectivity index (χ1n) is 5.41. The topological polar surface area (TPSA) is 79.1 Å². The van der Waals surface area contributed by atoms with Crippen molar-refractivity contribution in [1.82, 2.24) is 0 Å². The van der Waals surface area contributed by atoms with E-state index in [4.69, 9.17) is 15.8 Å². The SMILES string of the molecule is N#Cc1cccc(F)c1Oc1cc([N+](N)=O)ccc1F. The lowest BCUT2D eigenvalue weighted by atomic mass is 10.2. The van der Waals surface area contributed by atoms with Gasteiger partial charge in [-0.2, -0.15) is 11.1 Å². The van der Waals surface area contributed by atoms with Crippen molar-refractivity contribution in [3.05, 3.63) is 58.5 Å². The Kier molecular flexibility index (Phi) is 3.57. The summed E-state index contributed by atoms with van der Waals surface area (Å²) in [6.45, 7) is 0.